The van der Waals surface area contributed by atoms with Gasteiger partial charge in [-0.25, -0.2) is 0 Å². The van der Waals surface area contributed by atoms with E-state index in [1.807, 2.05) is 17.9 Å². The Morgan fingerprint density at radius 2 is 2.47 bits per heavy atom. The number of nitrogens with one attached hydrogen (secondary N) is 1. The molecule has 0 spiro atoms. The van der Waals surface area contributed by atoms with E-state index in [0.717, 1.165) is 19.0 Å². The third-order valence-corrected chi connectivity index (χ3v) is 2.90. The summed E-state index contributed by atoms with van der Waals surface area (Å²) in [4.78, 5) is 0. The summed E-state index contributed by atoms with van der Waals surface area (Å²) < 4.78 is 1.85. The summed E-state index contributed by atoms with van der Waals surface area (Å²) in [6, 6.07) is 0. The molecule has 3 heteroatoms. The maximum atomic E-state index is 4.15. The van der Waals surface area contributed by atoms with Crippen molar-refractivity contribution in [3.8, 4) is 0 Å². The van der Waals surface area contributed by atoms with Crippen molar-refractivity contribution < 1.29 is 0 Å². The van der Waals surface area contributed by atoms with Crippen LogP contribution in [0.15, 0.2) is 24.5 Å². The molecule has 0 aromatic carbocycles. The molecule has 15 heavy (non-hydrogen) atoms. The Hall–Kier alpha value is -1.09. The maximum Gasteiger partial charge on any atom is 0.0534 e. The summed E-state index contributed by atoms with van der Waals surface area (Å²) >= 11 is 0. The van der Waals surface area contributed by atoms with E-state index >= 15 is 0 Å². The Labute approximate surface area is 91.2 Å². The van der Waals surface area contributed by atoms with Crippen LogP contribution in [-0.2, 0) is 13.6 Å². The van der Waals surface area contributed by atoms with Crippen LogP contribution in [0.2, 0.25) is 0 Å². The van der Waals surface area contributed by atoms with Gasteiger partial charge in [0.2, 0.25) is 0 Å². The molecular weight excluding hydrogens is 186 g/mol. The van der Waals surface area contributed by atoms with Gasteiger partial charge in [-0.1, -0.05) is 12.2 Å². The Kier molecular flexibility index (Phi) is 3.56. The summed E-state index contributed by atoms with van der Waals surface area (Å²) in [6.07, 6.45) is 12.4. The van der Waals surface area contributed by atoms with Crippen molar-refractivity contribution >= 4 is 0 Å². The Balaban J connectivity index is 1.68. The van der Waals surface area contributed by atoms with Crippen molar-refractivity contribution in [1.82, 2.24) is 15.1 Å². The smallest absolute Gasteiger partial charge is 0.0534 e. The van der Waals surface area contributed by atoms with Crippen LogP contribution >= 0.6 is 0 Å². The zero-order valence-corrected chi connectivity index (χ0v) is 9.32. The van der Waals surface area contributed by atoms with Gasteiger partial charge in [0.15, 0.2) is 0 Å². The van der Waals surface area contributed by atoms with E-state index in [2.05, 4.69) is 28.8 Å². The monoisotopic (exact) mass is 205 g/mol. The molecule has 0 fully saturated rings. The van der Waals surface area contributed by atoms with E-state index in [9.17, 15) is 0 Å². The fourth-order valence-electron chi connectivity index (χ4n) is 2.03. The van der Waals surface area contributed by atoms with Gasteiger partial charge in [0.1, 0.15) is 0 Å². The lowest BCUT2D eigenvalue weighted by atomic mass is 9.94. The van der Waals surface area contributed by atoms with E-state index in [-0.39, 0.29) is 0 Å². The molecule has 1 atom stereocenters. The van der Waals surface area contributed by atoms with Gasteiger partial charge in [-0.2, -0.15) is 5.10 Å². The molecule has 1 aromatic rings. The van der Waals surface area contributed by atoms with Gasteiger partial charge in [0.05, 0.1) is 6.20 Å². The molecule has 3 nitrogen and oxygen atoms in total. The molecule has 2 rings (SSSR count). The zero-order chi connectivity index (χ0) is 10.5. The van der Waals surface area contributed by atoms with Crippen molar-refractivity contribution in [2.24, 2.45) is 13.0 Å². The average Bonchev–Trinajstić information content (AvgIpc) is 2.66. The molecule has 0 bridgehead atoms. The molecular formula is C12H19N3. The Bertz CT molecular complexity index is 327. The van der Waals surface area contributed by atoms with Crippen LogP contribution in [0.5, 0.6) is 0 Å². The van der Waals surface area contributed by atoms with Crippen molar-refractivity contribution in [2.45, 2.75) is 25.8 Å². The van der Waals surface area contributed by atoms with Crippen LogP contribution in [0.4, 0.5) is 0 Å². The van der Waals surface area contributed by atoms with Gasteiger partial charge in [-0.05, 0) is 31.7 Å². The van der Waals surface area contributed by atoms with E-state index in [1.165, 1.54) is 24.8 Å². The maximum absolute atomic E-state index is 4.15. The second-order valence-electron chi connectivity index (χ2n) is 4.30. The molecule has 0 radical (unpaired) electrons. The zero-order valence-electron chi connectivity index (χ0n) is 9.32. The minimum atomic E-state index is 0.826. The van der Waals surface area contributed by atoms with E-state index in [1.54, 1.807) is 0 Å². The first-order valence-electron chi connectivity index (χ1n) is 5.68. The van der Waals surface area contributed by atoms with Crippen molar-refractivity contribution in [1.29, 1.82) is 0 Å². The van der Waals surface area contributed by atoms with Crippen molar-refractivity contribution in [3.63, 3.8) is 0 Å². The molecule has 0 saturated heterocycles. The number of hydrogen-bond acceptors (Lipinski definition) is 2. The second-order valence-corrected chi connectivity index (χ2v) is 4.30. The van der Waals surface area contributed by atoms with E-state index < -0.39 is 0 Å². The largest absolute Gasteiger partial charge is 0.312 e. The molecule has 0 aliphatic heterocycles. The highest BCUT2D eigenvalue weighted by Gasteiger charge is 2.08. The molecule has 0 amide bonds. The minimum absolute atomic E-state index is 0.826. The first-order chi connectivity index (χ1) is 7.34. The van der Waals surface area contributed by atoms with Gasteiger partial charge >= 0.3 is 0 Å². The van der Waals surface area contributed by atoms with Crippen LogP contribution in [0.3, 0.4) is 0 Å². The molecule has 1 heterocycles. The summed E-state index contributed by atoms with van der Waals surface area (Å²) in [5.74, 6) is 0.826. The van der Waals surface area contributed by atoms with Gasteiger partial charge in [0.25, 0.3) is 0 Å². The van der Waals surface area contributed by atoms with Gasteiger partial charge in [0, 0.05) is 25.4 Å². The highest BCUT2D eigenvalue weighted by atomic mass is 15.2. The average molecular weight is 205 g/mol. The number of aryl methyl sites for hydroxylation is 1. The summed E-state index contributed by atoms with van der Waals surface area (Å²) in [5, 5.41) is 7.65. The van der Waals surface area contributed by atoms with Crippen LogP contribution in [0.1, 0.15) is 24.8 Å². The molecule has 1 aliphatic carbocycles. The van der Waals surface area contributed by atoms with Crippen molar-refractivity contribution in [2.75, 3.05) is 6.54 Å². The Morgan fingerprint density at radius 3 is 3.13 bits per heavy atom. The quantitative estimate of drug-likeness (QED) is 0.760. The first-order valence-corrected chi connectivity index (χ1v) is 5.68. The Morgan fingerprint density at radius 1 is 1.53 bits per heavy atom. The van der Waals surface area contributed by atoms with Gasteiger partial charge < -0.3 is 5.32 Å². The topological polar surface area (TPSA) is 29.9 Å². The molecule has 82 valence electrons. The van der Waals surface area contributed by atoms with Crippen LogP contribution in [0, 0.1) is 5.92 Å². The normalized spacial score (nSPS) is 20.7. The molecule has 1 aliphatic rings. The fraction of sp³-hybridized carbons (Fsp3) is 0.583. The number of allylic oxidation sites excluding steroid dienone is 2. The first kappa shape index (κ1) is 10.4. The molecule has 0 saturated carbocycles. The highest BCUT2D eigenvalue weighted by molar-refractivity contribution is 5.02. The van der Waals surface area contributed by atoms with Gasteiger partial charge in [-0.3, -0.25) is 4.68 Å². The second kappa shape index (κ2) is 5.12. The predicted molar refractivity (Wildman–Crippen MR) is 61.4 cm³/mol. The lowest BCUT2D eigenvalue weighted by Gasteiger charge is -2.17. The fourth-order valence-corrected chi connectivity index (χ4v) is 2.03. The molecule has 1 unspecified atom stereocenters. The third kappa shape index (κ3) is 3.20. The lowest BCUT2D eigenvalue weighted by Crippen LogP contribution is -2.22. The van der Waals surface area contributed by atoms with E-state index in [0.29, 0.717) is 0 Å². The molecule has 1 aromatic heterocycles. The summed E-state index contributed by atoms with van der Waals surface area (Å²) in [7, 11) is 1.95. The number of hydrogen-bond donors (Lipinski definition) is 1. The van der Waals surface area contributed by atoms with Crippen LogP contribution in [-0.4, -0.2) is 16.3 Å². The summed E-state index contributed by atoms with van der Waals surface area (Å²) in [5.41, 5.74) is 1.27. The number of aromatic nitrogens is 2. The molecule has 1 N–H and O–H groups in total. The minimum Gasteiger partial charge on any atom is -0.312 e. The van der Waals surface area contributed by atoms with E-state index in [4.69, 9.17) is 0 Å². The number of nitrogens with zero attached hydrogens (tertiary/aromatic N) is 2. The van der Waals surface area contributed by atoms with Crippen LogP contribution in [0.25, 0.3) is 0 Å². The standard InChI is InChI=1S/C12H19N3/c1-15-10-12(9-14-15)8-13-7-11-5-3-2-4-6-11/h2-3,9-11,13H,4-8H2,1H3. The number of rotatable bonds is 4. The van der Waals surface area contributed by atoms with Crippen molar-refractivity contribution in [3.05, 3.63) is 30.1 Å². The van der Waals surface area contributed by atoms with Crippen LogP contribution < -0.4 is 5.32 Å². The SMILES string of the molecule is Cn1cc(CNCC2CC=CCC2)cn1. The highest BCUT2D eigenvalue weighted by Crippen LogP contribution is 2.16. The summed E-state index contributed by atoms with van der Waals surface area (Å²) in [6.45, 7) is 2.06. The third-order valence-electron chi connectivity index (χ3n) is 2.90. The predicted octanol–water partition coefficient (Wildman–Crippen LogP) is 1.87. The van der Waals surface area contributed by atoms with Gasteiger partial charge in [-0.15, -0.1) is 0 Å². The lowest BCUT2D eigenvalue weighted by molar-refractivity contribution is 0.440.